The molecule has 0 aromatic heterocycles. The number of hydrogen-bond donors (Lipinski definition) is 0. The molecule has 0 unspecified atom stereocenters. The first kappa shape index (κ1) is 49.5. The summed E-state index contributed by atoms with van der Waals surface area (Å²) in [6.45, 7) is 27.0. The van der Waals surface area contributed by atoms with E-state index in [0.717, 1.165) is 0 Å². The van der Waals surface area contributed by atoms with Crippen LogP contribution in [-0.2, 0) is 70.0 Å². The molecule has 0 N–H and O–H groups in total. The first-order valence-corrected chi connectivity index (χ1v) is 4.56. The van der Waals surface area contributed by atoms with Crippen molar-refractivity contribution in [2.45, 2.75) is 0 Å². The molecular weight excluding hydrogens is 656 g/mol. The van der Waals surface area contributed by atoms with Gasteiger partial charge in [-0.3, -0.25) is 0 Å². The van der Waals surface area contributed by atoms with Gasteiger partial charge in [0.05, 0.1) is 0 Å². The summed E-state index contributed by atoms with van der Waals surface area (Å²) in [4.78, 5) is 0. The predicted molar refractivity (Wildman–Crippen MR) is 67.6 cm³/mol. The fourth-order valence-electron chi connectivity index (χ4n) is 0.642. The van der Waals surface area contributed by atoms with Crippen LogP contribution in [-0.4, -0.2) is 0 Å². The normalized spacial score (nSPS) is 3.83. The van der Waals surface area contributed by atoms with Gasteiger partial charge in [0.15, 0.2) is 0 Å². The van der Waals surface area contributed by atoms with Gasteiger partial charge in [-0.05, 0) is 0 Å². The average molecular weight is 666 g/mol. The third-order valence-corrected chi connectivity index (χ3v) is 1.11. The van der Waals surface area contributed by atoms with Gasteiger partial charge in [-0.25, -0.2) is 12.1 Å². The standard InChI is InChI=1S/2C5H5.6CO.2W/c2*1-2-4-5-3-1;6*1-2;;/h2*1-5H;;;;;;;;/q-5;-1;;;;;;;;. The summed E-state index contributed by atoms with van der Waals surface area (Å²) in [6.07, 6.45) is 0. The quantitative estimate of drug-likeness (QED) is 0.304. The van der Waals surface area contributed by atoms with Crippen LogP contribution >= 0.6 is 0 Å². The zero-order valence-corrected chi connectivity index (χ0v) is 17.9. The van der Waals surface area contributed by atoms with Crippen LogP contribution in [0.4, 0.5) is 0 Å². The molecule has 0 aliphatic carbocycles. The molecule has 2 aromatic carbocycles. The Kier molecular flexibility index (Phi) is 257. The minimum Gasteiger partial charge on any atom is -0.748 e. The SMILES string of the molecule is [C-]#[O+].[C-]#[O+].[C-]#[O+].[C-]#[O+].[C-]#[O+].[C-]#[O+].[W].[W].[cH-]1[cH-][cH-][cH-][cH-]1.c1cc[cH-]c1. The van der Waals surface area contributed by atoms with Crippen LogP contribution < -0.4 is 0 Å². The van der Waals surface area contributed by atoms with Crippen molar-refractivity contribution in [2.24, 2.45) is 0 Å². The second-order valence-electron chi connectivity index (χ2n) is 1.92. The minimum absolute atomic E-state index is 0. The fourth-order valence-corrected chi connectivity index (χ4v) is 0.642. The van der Waals surface area contributed by atoms with Crippen LogP contribution in [0.5, 0.6) is 0 Å². The summed E-state index contributed by atoms with van der Waals surface area (Å²) in [7, 11) is 0. The van der Waals surface area contributed by atoms with Gasteiger partial charge < -0.3 is 30.3 Å². The molecule has 0 saturated heterocycles. The van der Waals surface area contributed by atoms with Crippen molar-refractivity contribution in [3.63, 3.8) is 0 Å². The largest absolute Gasteiger partial charge is 0.748 e. The van der Waals surface area contributed by atoms with Crippen molar-refractivity contribution < 1.29 is 70.0 Å². The zero-order valence-electron chi connectivity index (χ0n) is 12.0. The Morgan fingerprint density at radius 1 is 0.417 bits per heavy atom. The number of hydrogen-bond acceptors (Lipinski definition) is 0. The summed E-state index contributed by atoms with van der Waals surface area (Å²) in [5, 5.41) is 0. The van der Waals surface area contributed by atoms with Gasteiger partial charge in [0.1, 0.15) is 0 Å². The van der Waals surface area contributed by atoms with E-state index in [4.69, 9.17) is 27.9 Å². The van der Waals surface area contributed by atoms with Crippen molar-refractivity contribution in [1.29, 1.82) is 0 Å². The second-order valence-corrected chi connectivity index (χ2v) is 1.92. The molecule has 0 aliphatic rings. The smallest absolute Gasteiger partial charge is 0 e. The minimum atomic E-state index is 0. The molecule has 0 amide bonds. The molecule has 0 heterocycles. The van der Waals surface area contributed by atoms with Gasteiger partial charge in [-0.15, -0.1) is 0 Å². The summed E-state index contributed by atoms with van der Waals surface area (Å²) < 4.78 is 45.0. The molecule has 0 bridgehead atoms. The van der Waals surface area contributed by atoms with Gasteiger partial charge >= 0.3 is 67.8 Å². The maximum atomic E-state index is 7.50. The molecule has 128 valence electrons. The predicted octanol–water partition coefficient (Wildman–Crippen LogP) is 2.58. The van der Waals surface area contributed by atoms with Crippen molar-refractivity contribution in [2.75, 3.05) is 0 Å². The molecule has 2 aromatic rings. The fraction of sp³-hybridized carbons (Fsp3) is 0. The summed E-state index contributed by atoms with van der Waals surface area (Å²) in [5.41, 5.74) is 0. The molecule has 8 heteroatoms. The van der Waals surface area contributed by atoms with E-state index in [9.17, 15) is 0 Å². The molecule has 2 rings (SSSR count). The molecule has 0 fully saturated rings. The van der Waals surface area contributed by atoms with Gasteiger partial charge in [0, 0.05) is 42.1 Å². The van der Waals surface area contributed by atoms with Gasteiger partial charge in [0.2, 0.25) is 0 Å². The topological polar surface area (TPSA) is 119 Å². The Morgan fingerprint density at radius 2 is 0.583 bits per heavy atom. The Balaban J connectivity index is -0.0000000213. The number of rotatable bonds is 0. The Labute approximate surface area is 170 Å². The molecule has 24 heavy (non-hydrogen) atoms. The van der Waals surface area contributed by atoms with Crippen LogP contribution in [0, 0.1) is 39.9 Å². The van der Waals surface area contributed by atoms with Crippen LogP contribution in [0.3, 0.4) is 0 Å². The van der Waals surface area contributed by atoms with Crippen LogP contribution in [0.25, 0.3) is 0 Å². The Morgan fingerprint density at radius 3 is 0.667 bits per heavy atom. The molecule has 0 spiro atoms. The monoisotopic (exact) mass is 666 g/mol. The summed E-state index contributed by atoms with van der Waals surface area (Å²) >= 11 is 0. The van der Waals surface area contributed by atoms with E-state index in [1.165, 1.54) is 0 Å². The van der Waals surface area contributed by atoms with E-state index in [-0.39, 0.29) is 42.1 Å². The Bertz CT molecular complexity index is 329. The van der Waals surface area contributed by atoms with E-state index in [2.05, 4.69) is 39.9 Å². The first-order valence-electron chi connectivity index (χ1n) is 4.56. The molecule has 0 atom stereocenters. The van der Waals surface area contributed by atoms with Crippen LogP contribution in [0.15, 0.2) is 60.7 Å². The van der Waals surface area contributed by atoms with Gasteiger partial charge in [-0.1, -0.05) is 0 Å². The van der Waals surface area contributed by atoms with Crippen molar-refractivity contribution >= 4 is 0 Å². The van der Waals surface area contributed by atoms with Gasteiger partial charge in [0.25, 0.3) is 0 Å². The third-order valence-electron chi connectivity index (χ3n) is 1.11. The van der Waals surface area contributed by atoms with Gasteiger partial charge in [-0.2, -0.15) is 18.2 Å². The third kappa shape index (κ3) is 108. The average Bonchev–Trinajstić information content (AvgIpc) is 3.43. The molecule has 0 radical (unpaired) electrons. The Hall–Kier alpha value is -1.48. The van der Waals surface area contributed by atoms with Crippen LogP contribution in [0.1, 0.15) is 0 Å². The van der Waals surface area contributed by atoms with E-state index in [1.807, 2.05) is 60.7 Å². The summed E-state index contributed by atoms with van der Waals surface area (Å²) in [5.74, 6) is 0. The second kappa shape index (κ2) is 125. The maximum absolute atomic E-state index is 7.50. The molecule has 0 aliphatic heterocycles. The van der Waals surface area contributed by atoms with E-state index in [0.29, 0.717) is 0 Å². The van der Waals surface area contributed by atoms with Crippen molar-refractivity contribution in [3.05, 3.63) is 101 Å². The van der Waals surface area contributed by atoms with E-state index in [1.54, 1.807) is 0 Å². The summed E-state index contributed by atoms with van der Waals surface area (Å²) in [6, 6.07) is 20.0. The van der Waals surface area contributed by atoms with Crippen LogP contribution in [0.2, 0.25) is 0 Å². The van der Waals surface area contributed by atoms with E-state index < -0.39 is 0 Å². The van der Waals surface area contributed by atoms with Crippen molar-refractivity contribution in [1.82, 2.24) is 0 Å². The molecular formula is C16H10O6W2-6. The molecule has 6 nitrogen and oxygen atoms in total. The zero-order chi connectivity index (χ0) is 19.1. The maximum Gasteiger partial charge on any atom is 0 e. The molecule has 0 saturated carbocycles. The van der Waals surface area contributed by atoms with Crippen molar-refractivity contribution in [3.8, 4) is 0 Å². The first-order chi connectivity index (χ1) is 11.0. The van der Waals surface area contributed by atoms with E-state index >= 15 is 0 Å².